The zero-order valence-electron chi connectivity index (χ0n) is 14.0. The second kappa shape index (κ2) is 6.96. The van der Waals surface area contributed by atoms with E-state index in [1.54, 1.807) is 0 Å². The van der Waals surface area contributed by atoms with Gasteiger partial charge in [-0.2, -0.15) is 0 Å². The molecule has 3 aliphatic rings. The Morgan fingerprint density at radius 1 is 0.958 bits per heavy atom. The van der Waals surface area contributed by atoms with Gasteiger partial charge in [0.15, 0.2) is 0 Å². The molecule has 0 amide bonds. The lowest BCUT2D eigenvalue weighted by Gasteiger charge is -2.49. The summed E-state index contributed by atoms with van der Waals surface area (Å²) in [5.74, 6) is 1.40. The van der Waals surface area contributed by atoms with Crippen molar-refractivity contribution >= 4 is 0 Å². The van der Waals surface area contributed by atoms with Gasteiger partial charge in [-0.25, -0.2) is 0 Å². The van der Waals surface area contributed by atoms with E-state index < -0.39 is 0 Å². The minimum atomic E-state index is -0.179. The van der Waals surface area contributed by atoms with Crippen LogP contribution in [0.4, 0.5) is 0 Å². The van der Waals surface area contributed by atoms with Gasteiger partial charge in [-0.1, -0.05) is 42.5 Å². The van der Waals surface area contributed by atoms with E-state index in [0.717, 1.165) is 38.1 Å². The highest BCUT2D eigenvalue weighted by atomic mass is 16.5. The van der Waals surface area contributed by atoms with Gasteiger partial charge in [0.1, 0.15) is 12.4 Å². The third kappa shape index (κ3) is 3.33. The molecule has 3 aliphatic heterocycles. The van der Waals surface area contributed by atoms with E-state index >= 15 is 0 Å². The van der Waals surface area contributed by atoms with Crippen LogP contribution < -0.4 is 4.74 Å². The maximum atomic E-state index is 10.6. The van der Waals surface area contributed by atoms with Gasteiger partial charge in [-0.3, -0.25) is 4.90 Å². The van der Waals surface area contributed by atoms with Crippen LogP contribution in [0.3, 0.4) is 0 Å². The van der Waals surface area contributed by atoms with Crippen LogP contribution in [0.1, 0.15) is 24.0 Å². The Labute approximate surface area is 143 Å². The van der Waals surface area contributed by atoms with Crippen molar-refractivity contribution in [1.82, 2.24) is 4.90 Å². The number of aliphatic hydroxyl groups is 1. The van der Waals surface area contributed by atoms with E-state index in [1.807, 2.05) is 24.3 Å². The van der Waals surface area contributed by atoms with Crippen molar-refractivity contribution in [2.45, 2.75) is 38.0 Å². The van der Waals surface area contributed by atoms with Crippen LogP contribution in [0.25, 0.3) is 0 Å². The third-order valence-electron chi connectivity index (χ3n) is 5.51. The summed E-state index contributed by atoms with van der Waals surface area (Å²) in [6.07, 6.45) is 3.03. The molecule has 2 bridgehead atoms. The fourth-order valence-electron chi connectivity index (χ4n) is 4.12. The van der Waals surface area contributed by atoms with Crippen molar-refractivity contribution in [1.29, 1.82) is 0 Å². The van der Waals surface area contributed by atoms with E-state index in [4.69, 9.17) is 4.74 Å². The van der Waals surface area contributed by atoms with E-state index in [1.165, 1.54) is 11.1 Å². The summed E-state index contributed by atoms with van der Waals surface area (Å²) >= 11 is 0. The number of ether oxygens (including phenoxy) is 1. The Kier molecular flexibility index (Phi) is 4.54. The molecule has 3 fully saturated rings. The molecule has 3 heteroatoms. The maximum Gasteiger partial charge on any atom is 0.120 e. The molecule has 0 spiro atoms. The number of rotatable bonds is 5. The number of piperidine rings is 3. The smallest absolute Gasteiger partial charge is 0.120 e. The molecule has 0 radical (unpaired) electrons. The Morgan fingerprint density at radius 3 is 2.46 bits per heavy atom. The van der Waals surface area contributed by atoms with Crippen molar-refractivity contribution < 1.29 is 9.84 Å². The highest BCUT2D eigenvalue weighted by molar-refractivity contribution is 5.30. The molecule has 2 aromatic rings. The fraction of sp³-hybridized carbons (Fsp3) is 0.429. The van der Waals surface area contributed by atoms with Gasteiger partial charge >= 0.3 is 0 Å². The minimum absolute atomic E-state index is 0.179. The Hall–Kier alpha value is -1.84. The second-order valence-electron chi connectivity index (χ2n) is 7.06. The first-order valence-electron chi connectivity index (χ1n) is 8.97. The summed E-state index contributed by atoms with van der Waals surface area (Å²) < 4.78 is 5.93. The summed E-state index contributed by atoms with van der Waals surface area (Å²) in [7, 11) is 0. The molecular formula is C21H25NO2. The Balaban J connectivity index is 1.41. The lowest BCUT2D eigenvalue weighted by atomic mass is 9.78. The molecule has 3 saturated heterocycles. The van der Waals surface area contributed by atoms with E-state index in [0.29, 0.717) is 12.5 Å². The fourth-order valence-corrected chi connectivity index (χ4v) is 4.12. The van der Waals surface area contributed by atoms with Gasteiger partial charge in [0.25, 0.3) is 0 Å². The molecule has 0 aliphatic carbocycles. The van der Waals surface area contributed by atoms with Crippen molar-refractivity contribution in [3.05, 3.63) is 65.7 Å². The van der Waals surface area contributed by atoms with Crippen LogP contribution in [0.15, 0.2) is 54.6 Å². The Bertz CT molecular complexity index is 663. The van der Waals surface area contributed by atoms with Crippen LogP contribution in [0.5, 0.6) is 5.75 Å². The largest absolute Gasteiger partial charge is 0.489 e. The summed E-state index contributed by atoms with van der Waals surface area (Å²) in [6.45, 7) is 2.86. The van der Waals surface area contributed by atoms with E-state index in [2.05, 4.69) is 35.2 Å². The quantitative estimate of drug-likeness (QED) is 0.917. The zero-order chi connectivity index (χ0) is 16.4. The number of nitrogens with zero attached hydrogens (tertiary/aromatic N) is 1. The number of hydrogen-bond acceptors (Lipinski definition) is 3. The first-order valence-corrected chi connectivity index (χ1v) is 8.97. The predicted octanol–water partition coefficient (Wildman–Crippen LogP) is 3.26. The van der Waals surface area contributed by atoms with Crippen LogP contribution in [0.2, 0.25) is 0 Å². The van der Waals surface area contributed by atoms with Gasteiger partial charge in [0.05, 0.1) is 6.10 Å². The first kappa shape index (κ1) is 15.7. The van der Waals surface area contributed by atoms with Gasteiger partial charge in [-0.05, 0) is 61.5 Å². The number of hydrogen-bond donors (Lipinski definition) is 1. The lowest BCUT2D eigenvalue weighted by Crippen LogP contribution is -2.58. The molecule has 5 rings (SSSR count). The van der Waals surface area contributed by atoms with Crippen LogP contribution in [-0.2, 0) is 13.0 Å². The third-order valence-corrected chi connectivity index (χ3v) is 5.51. The second-order valence-corrected chi connectivity index (χ2v) is 7.06. The summed E-state index contributed by atoms with van der Waals surface area (Å²) in [6, 6.07) is 18.8. The predicted molar refractivity (Wildman–Crippen MR) is 95.0 cm³/mol. The maximum absolute atomic E-state index is 10.6. The molecule has 0 saturated carbocycles. The van der Waals surface area contributed by atoms with Crippen molar-refractivity contribution in [3.8, 4) is 5.75 Å². The topological polar surface area (TPSA) is 32.7 Å². The standard InChI is InChI=1S/C21H25NO2/c23-21-18-9-11-22(12-10-18)20(21)14-17-7-4-8-19(13-17)24-15-16-5-2-1-3-6-16/h1-8,13,18,20-21,23H,9-12,14-15H2. The molecule has 2 atom stereocenters. The van der Waals surface area contributed by atoms with E-state index in [9.17, 15) is 5.11 Å². The average molecular weight is 323 g/mol. The monoisotopic (exact) mass is 323 g/mol. The highest BCUT2D eigenvalue weighted by Crippen LogP contribution is 2.34. The van der Waals surface area contributed by atoms with Crippen molar-refractivity contribution in [3.63, 3.8) is 0 Å². The molecular weight excluding hydrogens is 298 g/mol. The van der Waals surface area contributed by atoms with Crippen LogP contribution >= 0.6 is 0 Å². The van der Waals surface area contributed by atoms with Crippen molar-refractivity contribution in [2.24, 2.45) is 5.92 Å². The summed E-state index contributed by atoms with van der Waals surface area (Å²) in [5, 5.41) is 10.6. The van der Waals surface area contributed by atoms with Gasteiger partial charge in [0, 0.05) is 6.04 Å². The van der Waals surface area contributed by atoms with Crippen molar-refractivity contribution in [2.75, 3.05) is 13.1 Å². The van der Waals surface area contributed by atoms with Crippen LogP contribution in [-0.4, -0.2) is 35.2 Å². The van der Waals surface area contributed by atoms with E-state index in [-0.39, 0.29) is 12.1 Å². The number of fused-ring (bicyclic) bond motifs is 3. The highest BCUT2D eigenvalue weighted by Gasteiger charge is 2.40. The molecule has 2 aromatic carbocycles. The summed E-state index contributed by atoms with van der Waals surface area (Å²) in [4.78, 5) is 2.46. The molecule has 3 nitrogen and oxygen atoms in total. The lowest BCUT2D eigenvalue weighted by molar-refractivity contribution is -0.0715. The van der Waals surface area contributed by atoms with Gasteiger partial charge in [0.2, 0.25) is 0 Å². The molecule has 0 aromatic heterocycles. The summed E-state index contributed by atoms with van der Waals surface area (Å²) in [5.41, 5.74) is 2.42. The average Bonchev–Trinajstić information content (AvgIpc) is 2.65. The molecule has 24 heavy (non-hydrogen) atoms. The molecule has 1 N–H and O–H groups in total. The first-order chi connectivity index (χ1) is 11.8. The van der Waals surface area contributed by atoms with Crippen LogP contribution in [0, 0.1) is 5.92 Å². The normalized spacial score (nSPS) is 28.7. The zero-order valence-corrected chi connectivity index (χ0v) is 14.0. The van der Waals surface area contributed by atoms with Gasteiger partial charge < -0.3 is 9.84 Å². The number of aliphatic hydroxyl groups excluding tert-OH is 1. The molecule has 126 valence electrons. The minimum Gasteiger partial charge on any atom is -0.489 e. The Morgan fingerprint density at radius 2 is 1.71 bits per heavy atom. The molecule has 3 heterocycles. The molecule has 2 unspecified atom stereocenters. The SMILES string of the molecule is OC1C2CCN(CC2)C1Cc1cccc(OCc2ccccc2)c1. The number of benzene rings is 2. The van der Waals surface area contributed by atoms with Gasteiger partial charge in [-0.15, -0.1) is 0 Å².